The fraction of sp³-hybridized carbons (Fsp3) is 0.692. The standard InChI is InChI=1S/C13H24N6O2/c1-18(2)6-7-19-11(14)10(13(20)21-3)12(17-19)16-9-4-5-15-8-9/h9,15H,4-8,14H2,1-3H3,(H,16,17). The molecule has 0 amide bonds. The molecule has 2 rings (SSSR count). The van der Waals surface area contributed by atoms with Crippen molar-refractivity contribution >= 4 is 17.6 Å². The van der Waals surface area contributed by atoms with Crippen LogP contribution in [0.25, 0.3) is 0 Å². The highest BCUT2D eigenvalue weighted by atomic mass is 16.5. The van der Waals surface area contributed by atoms with Gasteiger partial charge in [0.15, 0.2) is 5.82 Å². The molecule has 8 heteroatoms. The van der Waals surface area contributed by atoms with Crippen LogP contribution in [0.5, 0.6) is 0 Å². The first-order valence-corrected chi connectivity index (χ1v) is 7.09. The Bertz CT molecular complexity index is 493. The molecule has 4 N–H and O–H groups in total. The average molecular weight is 296 g/mol. The Morgan fingerprint density at radius 3 is 2.95 bits per heavy atom. The highest BCUT2D eigenvalue weighted by molar-refractivity contribution is 5.99. The maximum Gasteiger partial charge on any atom is 0.345 e. The van der Waals surface area contributed by atoms with Gasteiger partial charge in [0.1, 0.15) is 11.4 Å². The lowest BCUT2D eigenvalue weighted by Gasteiger charge is -2.11. The molecule has 1 unspecified atom stereocenters. The molecule has 1 aliphatic heterocycles. The maximum atomic E-state index is 12.0. The molecular formula is C13H24N6O2. The Morgan fingerprint density at radius 1 is 1.62 bits per heavy atom. The molecule has 2 heterocycles. The first-order chi connectivity index (χ1) is 10.0. The highest BCUT2D eigenvalue weighted by Crippen LogP contribution is 2.24. The van der Waals surface area contributed by atoms with E-state index in [2.05, 4.69) is 15.7 Å². The van der Waals surface area contributed by atoms with Gasteiger partial charge in [-0.3, -0.25) is 0 Å². The van der Waals surface area contributed by atoms with Crippen LogP contribution in [-0.2, 0) is 11.3 Å². The third-order valence-electron chi connectivity index (χ3n) is 3.54. The van der Waals surface area contributed by atoms with Gasteiger partial charge in [-0.05, 0) is 27.1 Å². The second-order valence-electron chi connectivity index (χ2n) is 5.46. The maximum absolute atomic E-state index is 12.0. The van der Waals surface area contributed by atoms with Crippen molar-refractivity contribution in [1.82, 2.24) is 20.0 Å². The van der Waals surface area contributed by atoms with E-state index in [0.717, 1.165) is 26.1 Å². The molecule has 118 valence electrons. The Labute approximate surface area is 124 Å². The number of rotatable bonds is 6. The molecule has 1 saturated heterocycles. The Morgan fingerprint density at radius 2 is 2.38 bits per heavy atom. The van der Waals surface area contributed by atoms with Crippen molar-refractivity contribution in [3.63, 3.8) is 0 Å². The summed E-state index contributed by atoms with van der Waals surface area (Å²) in [6.45, 7) is 3.22. The summed E-state index contributed by atoms with van der Waals surface area (Å²) >= 11 is 0. The number of carbonyl (C=O) groups excluding carboxylic acids is 1. The van der Waals surface area contributed by atoms with Crippen LogP contribution >= 0.6 is 0 Å². The van der Waals surface area contributed by atoms with Crippen LogP contribution in [0.15, 0.2) is 0 Å². The van der Waals surface area contributed by atoms with Crippen molar-refractivity contribution in [1.29, 1.82) is 0 Å². The van der Waals surface area contributed by atoms with Gasteiger partial charge in [-0.1, -0.05) is 0 Å². The topological polar surface area (TPSA) is 97.4 Å². The van der Waals surface area contributed by atoms with Gasteiger partial charge in [-0.2, -0.15) is 5.10 Å². The molecule has 0 bridgehead atoms. The molecule has 1 aromatic rings. The minimum Gasteiger partial charge on any atom is -0.465 e. The van der Waals surface area contributed by atoms with E-state index in [9.17, 15) is 4.79 Å². The minimum absolute atomic E-state index is 0.255. The number of nitrogen functional groups attached to an aromatic ring is 1. The summed E-state index contributed by atoms with van der Waals surface area (Å²) in [7, 11) is 5.30. The van der Waals surface area contributed by atoms with Crippen molar-refractivity contribution < 1.29 is 9.53 Å². The molecule has 1 aliphatic rings. The summed E-state index contributed by atoms with van der Waals surface area (Å²) in [5.41, 5.74) is 6.39. The molecule has 0 aliphatic carbocycles. The van der Waals surface area contributed by atoms with E-state index in [4.69, 9.17) is 10.5 Å². The van der Waals surface area contributed by atoms with Crippen LogP contribution < -0.4 is 16.4 Å². The lowest BCUT2D eigenvalue weighted by molar-refractivity contribution is 0.0603. The van der Waals surface area contributed by atoms with E-state index in [1.165, 1.54) is 7.11 Å². The molecule has 8 nitrogen and oxygen atoms in total. The summed E-state index contributed by atoms with van der Waals surface area (Å²) < 4.78 is 6.47. The van der Waals surface area contributed by atoms with Crippen molar-refractivity contribution in [2.75, 3.05) is 51.9 Å². The first-order valence-electron chi connectivity index (χ1n) is 7.09. The number of anilines is 2. The summed E-state index contributed by atoms with van der Waals surface area (Å²) in [6.07, 6.45) is 0.991. The van der Waals surface area contributed by atoms with E-state index < -0.39 is 5.97 Å². The molecule has 21 heavy (non-hydrogen) atoms. The van der Waals surface area contributed by atoms with Crippen LogP contribution in [0.3, 0.4) is 0 Å². The number of hydrogen-bond acceptors (Lipinski definition) is 7. The minimum atomic E-state index is -0.461. The van der Waals surface area contributed by atoms with E-state index in [0.29, 0.717) is 23.7 Å². The number of nitrogens with one attached hydrogen (secondary N) is 2. The SMILES string of the molecule is COC(=O)c1c(NC2CCNC2)nn(CCN(C)C)c1N. The molecular weight excluding hydrogens is 272 g/mol. The second-order valence-corrected chi connectivity index (χ2v) is 5.46. The van der Waals surface area contributed by atoms with Crippen LogP contribution in [0.4, 0.5) is 11.6 Å². The van der Waals surface area contributed by atoms with Crippen LogP contribution in [0, 0.1) is 0 Å². The van der Waals surface area contributed by atoms with Crippen LogP contribution in [-0.4, -0.2) is 67.5 Å². The number of carbonyl (C=O) groups is 1. The van der Waals surface area contributed by atoms with Gasteiger partial charge in [0, 0.05) is 19.1 Å². The quantitative estimate of drug-likeness (QED) is 0.614. The number of nitrogens with zero attached hydrogens (tertiary/aromatic N) is 3. The molecule has 0 radical (unpaired) electrons. The Kier molecular flexibility index (Phi) is 5.03. The summed E-state index contributed by atoms with van der Waals surface area (Å²) in [5, 5.41) is 11.0. The van der Waals surface area contributed by atoms with Crippen molar-refractivity contribution in [2.24, 2.45) is 0 Å². The number of methoxy groups -OCH3 is 1. The summed E-state index contributed by atoms with van der Waals surface area (Å²) in [6, 6.07) is 0.255. The largest absolute Gasteiger partial charge is 0.465 e. The monoisotopic (exact) mass is 296 g/mol. The van der Waals surface area contributed by atoms with Gasteiger partial charge in [0.25, 0.3) is 0 Å². The number of likely N-dealkylation sites (N-methyl/N-ethyl adjacent to an activating group) is 1. The summed E-state index contributed by atoms with van der Waals surface area (Å²) in [5.74, 6) is 0.390. The molecule has 1 fully saturated rings. The number of nitrogens with two attached hydrogens (primary N) is 1. The smallest absolute Gasteiger partial charge is 0.345 e. The fourth-order valence-electron chi connectivity index (χ4n) is 2.32. The zero-order valence-electron chi connectivity index (χ0n) is 12.8. The zero-order chi connectivity index (χ0) is 15.4. The Hall–Kier alpha value is -1.80. The van der Waals surface area contributed by atoms with Gasteiger partial charge in [-0.25, -0.2) is 9.48 Å². The first kappa shape index (κ1) is 15.6. The van der Waals surface area contributed by atoms with E-state index in [1.54, 1.807) is 4.68 Å². The van der Waals surface area contributed by atoms with Gasteiger partial charge in [-0.15, -0.1) is 0 Å². The average Bonchev–Trinajstić information content (AvgIpc) is 3.05. The normalized spacial score (nSPS) is 18.2. The number of aromatic nitrogens is 2. The van der Waals surface area contributed by atoms with Crippen molar-refractivity contribution in [3.05, 3.63) is 5.56 Å². The number of ether oxygens (including phenoxy) is 1. The summed E-state index contributed by atoms with van der Waals surface area (Å²) in [4.78, 5) is 14.0. The van der Waals surface area contributed by atoms with Crippen LogP contribution in [0.1, 0.15) is 16.8 Å². The third-order valence-corrected chi connectivity index (χ3v) is 3.54. The van der Waals surface area contributed by atoms with E-state index in [1.807, 2.05) is 19.0 Å². The lowest BCUT2D eigenvalue weighted by Crippen LogP contribution is -2.23. The molecule has 0 saturated carbocycles. The predicted octanol–water partition coefficient (Wildman–Crippen LogP) is -0.413. The fourth-order valence-corrected chi connectivity index (χ4v) is 2.32. The van der Waals surface area contributed by atoms with Crippen molar-refractivity contribution in [3.8, 4) is 0 Å². The van der Waals surface area contributed by atoms with E-state index in [-0.39, 0.29) is 6.04 Å². The Balaban J connectivity index is 2.23. The van der Waals surface area contributed by atoms with E-state index >= 15 is 0 Å². The van der Waals surface area contributed by atoms with Gasteiger partial charge in [0.05, 0.1) is 13.7 Å². The van der Waals surface area contributed by atoms with Gasteiger partial charge >= 0.3 is 5.97 Å². The second kappa shape index (κ2) is 6.77. The molecule has 1 aromatic heterocycles. The lowest BCUT2D eigenvalue weighted by atomic mass is 10.2. The molecule has 1 atom stereocenters. The van der Waals surface area contributed by atoms with Gasteiger partial charge < -0.3 is 26.0 Å². The molecule has 0 spiro atoms. The predicted molar refractivity (Wildman–Crippen MR) is 81.4 cm³/mol. The van der Waals surface area contributed by atoms with Crippen molar-refractivity contribution in [2.45, 2.75) is 19.0 Å². The number of hydrogen-bond donors (Lipinski definition) is 3. The molecule has 0 aromatic carbocycles. The van der Waals surface area contributed by atoms with Gasteiger partial charge in [0.2, 0.25) is 0 Å². The highest BCUT2D eigenvalue weighted by Gasteiger charge is 2.25. The third kappa shape index (κ3) is 3.64. The number of esters is 1. The van der Waals surface area contributed by atoms with Crippen LogP contribution in [0.2, 0.25) is 0 Å². The zero-order valence-corrected chi connectivity index (χ0v) is 12.8.